The Morgan fingerprint density at radius 1 is 1.50 bits per heavy atom. The first-order valence-corrected chi connectivity index (χ1v) is 10.2. The number of carboxylic acids is 1. The maximum absolute atomic E-state index is 12.6. The lowest BCUT2D eigenvalue weighted by Gasteiger charge is -2.39. The molecule has 1 N–H and O–H groups in total. The van der Waals surface area contributed by atoms with Gasteiger partial charge in [-0.3, -0.25) is 0 Å². The van der Waals surface area contributed by atoms with E-state index in [0.717, 1.165) is 17.8 Å². The summed E-state index contributed by atoms with van der Waals surface area (Å²) in [7, 11) is 0. The second kappa shape index (κ2) is 7.09. The molecule has 144 valence electrons. The zero-order valence-corrected chi connectivity index (χ0v) is 17.4. The molecule has 2 bridgehead atoms. The Labute approximate surface area is 164 Å². The van der Waals surface area contributed by atoms with Gasteiger partial charge in [0.2, 0.25) is 0 Å². The lowest BCUT2D eigenvalue weighted by Crippen LogP contribution is -2.42. The number of carbonyl (C=O) groups is 2. The first-order valence-electron chi connectivity index (χ1n) is 8.57. The number of halogens is 1. The minimum atomic E-state index is -1.01. The number of nitrogens with zero attached hydrogens (tertiary/aromatic N) is 2. The Balaban J connectivity index is 1.85. The number of aliphatic carboxylic acids is 1. The molecule has 1 aliphatic carbocycles. The van der Waals surface area contributed by atoms with E-state index in [0.29, 0.717) is 17.6 Å². The highest BCUT2D eigenvalue weighted by molar-refractivity contribution is 9.10. The maximum Gasteiger partial charge on any atom is 0.410 e. The van der Waals surface area contributed by atoms with Crippen molar-refractivity contribution in [2.45, 2.75) is 57.3 Å². The molecule has 2 heterocycles. The number of fused-ring (bicyclic) bond motifs is 2. The molecule has 7 nitrogen and oxygen atoms in total. The monoisotopic (exact) mass is 446 g/mol. The zero-order chi connectivity index (χ0) is 19.1. The second-order valence-corrected chi connectivity index (χ2v) is 9.48. The van der Waals surface area contributed by atoms with Gasteiger partial charge in [-0.25, -0.2) is 14.6 Å². The van der Waals surface area contributed by atoms with Crippen molar-refractivity contribution in [1.29, 1.82) is 0 Å². The van der Waals surface area contributed by atoms with E-state index in [1.54, 1.807) is 4.90 Å². The van der Waals surface area contributed by atoms with E-state index < -0.39 is 17.2 Å². The fourth-order valence-electron chi connectivity index (χ4n) is 3.83. The number of likely N-dealkylation sites (tertiary alicyclic amines) is 1. The molecule has 0 spiro atoms. The molecule has 1 aromatic rings. The van der Waals surface area contributed by atoms with Crippen molar-refractivity contribution in [3.05, 3.63) is 15.0 Å². The van der Waals surface area contributed by atoms with Gasteiger partial charge in [0.1, 0.15) is 27.4 Å². The second-order valence-electron chi connectivity index (χ2n) is 7.81. The summed E-state index contributed by atoms with van der Waals surface area (Å²) >= 11 is 4.82. The van der Waals surface area contributed by atoms with E-state index in [9.17, 15) is 9.59 Å². The first-order chi connectivity index (χ1) is 12.1. The molecule has 3 unspecified atom stereocenters. The smallest absolute Gasteiger partial charge is 0.410 e. The van der Waals surface area contributed by atoms with Crippen LogP contribution in [0, 0.1) is 5.92 Å². The average Bonchev–Trinajstić information content (AvgIpc) is 3.11. The van der Waals surface area contributed by atoms with Crippen molar-refractivity contribution in [1.82, 2.24) is 9.88 Å². The molecule has 1 saturated carbocycles. The van der Waals surface area contributed by atoms with Gasteiger partial charge in [-0.1, -0.05) is 0 Å². The third-order valence-electron chi connectivity index (χ3n) is 4.84. The number of rotatable bonds is 4. The number of carboxylic acid groups (broad SMARTS) is 1. The Morgan fingerprint density at radius 2 is 2.23 bits per heavy atom. The number of aromatic nitrogens is 1. The fourth-order valence-corrected chi connectivity index (χ4v) is 5.34. The highest BCUT2D eigenvalue weighted by atomic mass is 79.9. The lowest BCUT2D eigenvalue weighted by molar-refractivity contribution is -0.158. The van der Waals surface area contributed by atoms with Crippen LogP contribution in [0.2, 0.25) is 0 Å². The Bertz CT molecular complexity index is 704. The molecule has 3 atom stereocenters. The topological polar surface area (TPSA) is 89.0 Å². The summed E-state index contributed by atoms with van der Waals surface area (Å²) < 4.78 is 12.2. The summed E-state index contributed by atoms with van der Waals surface area (Å²) in [6, 6.07) is 0.0970. The predicted octanol–water partition coefficient (Wildman–Crippen LogP) is 3.62. The Hall–Kier alpha value is -1.19. The minimum absolute atomic E-state index is 0.00818. The van der Waals surface area contributed by atoms with Gasteiger partial charge < -0.3 is 19.5 Å². The highest BCUT2D eigenvalue weighted by Crippen LogP contribution is 2.51. The van der Waals surface area contributed by atoms with E-state index in [4.69, 9.17) is 14.6 Å². The van der Waals surface area contributed by atoms with Crippen molar-refractivity contribution in [2.24, 2.45) is 5.92 Å². The molecular weight excluding hydrogens is 424 g/mol. The minimum Gasteiger partial charge on any atom is -0.480 e. The number of hydrogen-bond donors (Lipinski definition) is 1. The molecule has 1 aromatic heterocycles. The van der Waals surface area contributed by atoms with Gasteiger partial charge in [-0.2, -0.15) is 0 Å². The third-order valence-corrected chi connectivity index (χ3v) is 6.55. The molecule has 3 rings (SSSR count). The van der Waals surface area contributed by atoms with E-state index in [1.807, 2.05) is 26.2 Å². The summed E-state index contributed by atoms with van der Waals surface area (Å²) in [4.78, 5) is 30.0. The van der Waals surface area contributed by atoms with Gasteiger partial charge >= 0.3 is 12.1 Å². The van der Waals surface area contributed by atoms with Crippen LogP contribution in [0.4, 0.5) is 4.79 Å². The van der Waals surface area contributed by atoms with Crippen molar-refractivity contribution in [3.63, 3.8) is 0 Å². The molecule has 0 aromatic carbocycles. The summed E-state index contributed by atoms with van der Waals surface area (Å²) in [6.07, 6.45) is 1.80. The SMILES string of the molecule is CC(C)(C)OC(=O)N1CC2CC1CCC2(OCC(=O)O)c1nc(Br)cs1. The molecule has 2 aliphatic rings. The van der Waals surface area contributed by atoms with Crippen LogP contribution in [0.15, 0.2) is 9.98 Å². The normalized spacial score (nSPS) is 28.2. The molecule has 2 fully saturated rings. The largest absolute Gasteiger partial charge is 0.480 e. The van der Waals surface area contributed by atoms with Crippen molar-refractivity contribution in [2.75, 3.05) is 13.2 Å². The summed E-state index contributed by atoms with van der Waals surface area (Å²) in [5.74, 6) is -1.02. The van der Waals surface area contributed by atoms with Crippen LogP contribution >= 0.6 is 27.3 Å². The maximum atomic E-state index is 12.6. The Morgan fingerprint density at radius 3 is 2.81 bits per heavy atom. The third kappa shape index (κ3) is 3.89. The molecular formula is C17H23BrN2O5S. The summed E-state index contributed by atoms with van der Waals surface area (Å²) in [6.45, 7) is 5.64. The quantitative estimate of drug-likeness (QED) is 0.759. The summed E-state index contributed by atoms with van der Waals surface area (Å²) in [5.41, 5.74) is -1.33. The molecule has 26 heavy (non-hydrogen) atoms. The van der Waals surface area contributed by atoms with Crippen molar-refractivity contribution < 1.29 is 24.2 Å². The van der Waals surface area contributed by atoms with Crippen LogP contribution in [0.1, 0.15) is 45.0 Å². The number of hydrogen-bond acceptors (Lipinski definition) is 6. The molecule has 1 saturated heterocycles. The zero-order valence-electron chi connectivity index (χ0n) is 15.0. The van der Waals surface area contributed by atoms with E-state index >= 15 is 0 Å². The number of ether oxygens (including phenoxy) is 2. The van der Waals surface area contributed by atoms with Crippen LogP contribution in [-0.4, -0.2) is 51.8 Å². The van der Waals surface area contributed by atoms with Crippen molar-refractivity contribution >= 4 is 39.3 Å². The summed E-state index contributed by atoms with van der Waals surface area (Å²) in [5, 5.41) is 11.7. The van der Waals surface area contributed by atoms with Gasteiger partial charge in [0.25, 0.3) is 0 Å². The van der Waals surface area contributed by atoms with E-state index in [-0.39, 0.29) is 24.7 Å². The average molecular weight is 447 g/mol. The number of thiazole rings is 1. The van der Waals surface area contributed by atoms with Crippen molar-refractivity contribution in [3.8, 4) is 0 Å². The molecule has 1 aliphatic heterocycles. The van der Waals surface area contributed by atoms with Crippen LogP contribution < -0.4 is 0 Å². The predicted molar refractivity (Wildman–Crippen MR) is 99.1 cm³/mol. The van der Waals surface area contributed by atoms with Gasteiger partial charge in [0.15, 0.2) is 0 Å². The highest BCUT2D eigenvalue weighted by Gasteiger charge is 2.55. The Kier molecular flexibility index (Phi) is 5.33. The van der Waals surface area contributed by atoms with Crippen LogP contribution in [0.5, 0.6) is 0 Å². The molecule has 1 amide bonds. The number of amides is 1. The number of carbonyl (C=O) groups excluding carboxylic acids is 1. The van der Waals surface area contributed by atoms with Gasteiger partial charge in [-0.05, 0) is 56.0 Å². The van der Waals surface area contributed by atoms with E-state index in [1.165, 1.54) is 11.3 Å². The van der Waals surface area contributed by atoms with Crippen LogP contribution in [0.25, 0.3) is 0 Å². The standard InChI is InChI=1S/C17H23BrN2O5S/c1-16(2,3)25-15(23)20-7-10-6-11(20)4-5-17(10,24-8-13(21)22)14-19-12(18)9-26-14/h9-11H,4-8H2,1-3H3,(H,21,22). The van der Waals surface area contributed by atoms with Gasteiger partial charge in [0.05, 0.1) is 0 Å². The molecule has 9 heteroatoms. The van der Waals surface area contributed by atoms with Crippen LogP contribution in [-0.2, 0) is 19.9 Å². The van der Waals surface area contributed by atoms with Gasteiger partial charge in [-0.15, -0.1) is 11.3 Å². The molecule has 0 radical (unpaired) electrons. The van der Waals surface area contributed by atoms with Gasteiger partial charge in [0, 0.05) is 23.9 Å². The fraction of sp³-hybridized carbons (Fsp3) is 0.706. The van der Waals surface area contributed by atoms with E-state index in [2.05, 4.69) is 20.9 Å². The lowest BCUT2D eigenvalue weighted by atomic mass is 9.76. The first kappa shape index (κ1) is 19.6. The van der Waals surface area contributed by atoms with Crippen LogP contribution in [0.3, 0.4) is 0 Å².